The number of nitrogens with one attached hydrogen (secondary N) is 1. The van der Waals surface area contributed by atoms with Crippen LogP contribution >= 0.6 is 0 Å². The summed E-state index contributed by atoms with van der Waals surface area (Å²) in [7, 11) is -4.30. The lowest BCUT2D eigenvalue weighted by Gasteiger charge is -2.23. The van der Waals surface area contributed by atoms with E-state index in [0.717, 1.165) is 38.5 Å². The molecule has 0 aromatic heterocycles. The number of rotatable bonds is 41. The number of aliphatic hydroxyl groups excluding tert-OH is 1. The zero-order valence-electron chi connectivity index (χ0n) is 33.6. The monoisotopic (exact) mass is 730 g/mol. The van der Waals surface area contributed by atoms with E-state index < -0.39 is 28.0 Å². The van der Waals surface area contributed by atoms with Crippen LogP contribution in [0.1, 0.15) is 251 Å². The van der Waals surface area contributed by atoms with Gasteiger partial charge in [-0.1, -0.05) is 232 Å². The standard InChI is InChI=1S/C43H87NO5S/c1-3-5-7-9-11-13-15-17-19-20-21-22-23-25-26-28-30-32-34-36-38-42(45)41(40-50(47,48)49)44-43(46)39-37-35-33-31-29-27-24-18-16-14-12-10-8-6-4-2/h41-42,45H,3-40H2,1-2H3,(H,44,46)(H,47,48,49). The molecule has 50 heavy (non-hydrogen) atoms. The molecule has 0 aromatic rings. The predicted molar refractivity (Wildman–Crippen MR) is 217 cm³/mol. The lowest BCUT2D eigenvalue weighted by molar-refractivity contribution is -0.122. The molecule has 0 fully saturated rings. The largest absolute Gasteiger partial charge is 0.391 e. The highest BCUT2D eigenvalue weighted by Gasteiger charge is 2.26. The Balaban J connectivity index is 3.77. The number of hydrogen-bond donors (Lipinski definition) is 3. The number of unbranched alkanes of at least 4 members (excludes halogenated alkanes) is 33. The zero-order valence-corrected chi connectivity index (χ0v) is 34.4. The molecule has 0 aliphatic rings. The van der Waals surface area contributed by atoms with Gasteiger partial charge in [-0.15, -0.1) is 0 Å². The zero-order chi connectivity index (χ0) is 36.8. The molecule has 0 radical (unpaired) electrons. The van der Waals surface area contributed by atoms with E-state index in [1.54, 1.807) is 0 Å². The molecule has 0 rings (SSSR count). The lowest BCUT2D eigenvalue weighted by Crippen LogP contribution is -2.47. The molecule has 0 spiro atoms. The summed E-state index contributed by atoms with van der Waals surface area (Å²) in [5.41, 5.74) is 0. The second kappa shape index (κ2) is 38.1. The van der Waals surface area contributed by atoms with Crippen LogP contribution in [0.25, 0.3) is 0 Å². The van der Waals surface area contributed by atoms with Gasteiger partial charge in [0.2, 0.25) is 5.91 Å². The Kier molecular flexibility index (Phi) is 37.6. The van der Waals surface area contributed by atoms with Gasteiger partial charge in [0.15, 0.2) is 0 Å². The van der Waals surface area contributed by atoms with Crippen LogP contribution in [0.5, 0.6) is 0 Å². The van der Waals surface area contributed by atoms with E-state index in [4.69, 9.17) is 0 Å². The summed E-state index contributed by atoms with van der Waals surface area (Å²) < 4.78 is 32.6. The molecule has 0 aromatic carbocycles. The maximum atomic E-state index is 12.5. The average molecular weight is 730 g/mol. The van der Waals surface area contributed by atoms with Gasteiger partial charge in [-0.25, -0.2) is 0 Å². The minimum Gasteiger partial charge on any atom is -0.391 e. The van der Waals surface area contributed by atoms with Crippen LogP contribution < -0.4 is 5.32 Å². The second-order valence-corrected chi connectivity index (χ2v) is 17.2. The van der Waals surface area contributed by atoms with E-state index in [9.17, 15) is 22.9 Å². The minimum atomic E-state index is -4.30. The van der Waals surface area contributed by atoms with Crippen molar-refractivity contribution in [2.45, 2.75) is 264 Å². The van der Waals surface area contributed by atoms with E-state index in [-0.39, 0.29) is 5.91 Å². The average Bonchev–Trinajstić information content (AvgIpc) is 3.08. The van der Waals surface area contributed by atoms with Crippen LogP contribution in [0.3, 0.4) is 0 Å². The summed E-state index contributed by atoms with van der Waals surface area (Å²) in [6, 6.07) is -0.964. The summed E-state index contributed by atoms with van der Waals surface area (Å²) in [4.78, 5) is 12.5. The number of aliphatic hydroxyl groups is 1. The molecule has 0 bridgehead atoms. The smallest absolute Gasteiger partial charge is 0.266 e. The Hall–Kier alpha value is -0.660. The first-order valence-corrected chi connectivity index (χ1v) is 23.8. The first-order valence-electron chi connectivity index (χ1n) is 22.2. The van der Waals surface area contributed by atoms with Gasteiger partial charge in [0, 0.05) is 6.42 Å². The van der Waals surface area contributed by atoms with E-state index in [1.807, 2.05) is 0 Å². The molecule has 0 saturated heterocycles. The van der Waals surface area contributed by atoms with Crippen LogP contribution in [0, 0.1) is 0 Å². The molecular formula is C43H87NO5S. The highest BCUT2D eigenvalue weighted by atomic mass is 32.2. The van der Waals surface area contributed by atoms with E-state index in [1.165, 1.54) is 186 Å². The van der Waals surface area contributed by atoms with Crippen molar-refractivity contribution in [3.63, 3.8) is 0 Å². The molecule has 1 amide bonds. The minimum absolute atomic E-state index is 0.240. The van der Waals surface area contributed by atoms with Gasteiger partial charge in [0.05, 0.1) is 17.9 Å². The van der Waals surface area contributed by atoms with Gasteiger partial charge in [-0.3, -0.25) is 9.35 Å². The van der Waals surface area contributed by atoms with Gasteiger partial charge in [-0.2, -0.15) is 8.42 Å². The SMILES string of the molecule is CCCCCCCCCCCCCCCCCCCCCCC(O)C(CS(=O)(=O)O)NC(=O)CCCCCCCCCCCCCCCCC. The Morgan fingerprint density at radius 1 is 0.460 bits per heavy atom. The van der Waals surface area contributed by atoms with Gasteiger partial charge < -0.3 is 10.4 Å². The summed E-state index contributed by atoms with van der Waals surface area (Å²) in [5, 5.41) is 13.4. The van der Waals surface area contributed by atoms with Gasteiger partial charge in [-0.05, 0) is 12.8 Å². The third-order valence-electron chi connectivity index (χ3n) is 10.6. The third-order valence-corrected chi connectivity index (χ3v) is 11.3. The van der Waals surface area contributed by atoms with Crippen LogP contribution in [-0.2, 0) is 14.9 Å². The van der Waals surface area contributed by atoms with Crippen molar-refractivity contribution in [1.82, 2.24) is 5.32 Å². The van der Waals surface area contributed by atoms with E-state index in [2.05, 4.69) is 19.2 Å². The van der Waals surface area contributed by atoms with Crippen molar-refractivity contribution in [2.75, 3.05) is 5.75 Å². The molecule has 7 heteroatoms. The first-order chi connectivity index (χ1) is 24.3. The van der Waals surface area contributed by atoms with Crippen molar-refractivity contribution in [2.24, 2.45) is 0 Å². The quantitative estimate of drug-likeness (QED) is 0.0429. The Labute approximate surface area is 312 Å². The Morgan fingerprint density at radius 3 is 1.00 bits per heavy atom. The molecule has 0 heterocycles. The van der Waals surface area contributed by atoms with Gasteiger partial charge in [0.25, 0.3) is 10.1 Å². The Morgan fingerprint density at radius 2 is 0.720 bits per heavy atom. The fraction of sp³-hybridized carbons (Fsp3) is 0.977. The maximum Gasteiger partial charge on any atom is 0.266 e. The van der Waals surface area contributed by atoms with Gasteiger partial charge >= 0.3 is 0 Å². The van der Waals surface area contributed by atoms with Crippen molar-refractivity contribution in [1.29, 1.82) is 0 Å². The predicted octanol–water partition coefficient (Wildman–Crippen LogP) is 13.2. The van der Waals surface area contributed by atoms with Crippen molar-refractivity contribution in [3.8, 4) is 0 Å². The highest BCUT2D eigenvalue weighted by Crippen LogP contribution is 2.17. The molecule has 0 aliphatic carbocycles. The molecule has 2 atom stereocenters. The topological polar surface area (TPSA) is 104 Å². The highest BCUT2D eigenvalue weighted by molar-refractivity contribution is 7.85. The molecule has 6 nitrogen and oxygen atoms in total. The van der Waals surface area contributed by atoms with Crippen LogP contribution in [0.4, 0.5) is 0 Å². The summed E-state index contributed by atoms with van der Waals surface area (Å²) in [6.45, 7) is 4.54. The maximum absolute atomic E-state index is 12.5. The molecule has 2 unspecified atom stereocenters. The molecular weight excluding hydrogens is 643 g/mol. The van der Waals surface area contributed by atoms with Crippen molar-refractivity contribution >= 4 is 16.0 Å². The van der Waals surface area contributed by atoms with Gasteiger partial charge in [0.1, 0.15) is 0 Å². The van der Waals surface area contributed by atoms with Crippen molar-refractivity contribution < 1.29 is 22.9 Å². The lowest BCUT2D eigenvalue weighted by atomic mass is 10.0. The summed E-state index contributed by atoms with van der Waals surface area (Å²) in [5.74, 6) is -0.881. The van der Waals surface area contributed by atoms with Crippen LogP contribution in [0.15, 0.2) is 0 Å². The fourth-order valence-corrected chi connectivity index (χ4v) is 7.98. The molecule has 3 N–H and O–H groups in total. The van der Waals surface area contributed by atoms with Crippen LogP contribution in [-0.4, -0.2) is 41.9 Å². The number of amides is 1. The van der Waals surface area contributed by atoms with Crippen LogP contribution in [0.2, 0.25) is 0 Å². The normalized spacial score (nSPS) is 13.1. The number of carbonyl (C=O) groups excluding carboxylic acids is 1. The fourth-order valence-electron chi connectivity index (χ4n) is 7.22. The Bertz CT molecular complexity index is 805. The molecule has 0 saturated carbocycles. The molecule has 300 valence electrons. The molecule has 0 aliphatic heterocycles. The summed E-state index contributed by atoms with van der Waals surface area (Å²) in [6.07, 6.45) is 44.8. The summed E-state index contributed by atoms with van der Waals surface area (Å²) >= 11 is 0. The number of carbonyl (C=O) groups is 1. The number of hydrogen-bond acceptors (Lipinski definition) is 4. The first kappa shape index (κ1) is 49.3. The third kappa shape index (κ3) is 38.6. The van der Waals surface area contributed by atoms with E-state index >= 15 is 0 Å². The second-order valence-electron chi connectivity index (χ2n) is 15.7. The van der Waals surface area contributed by atoms with E-state index in [0.29, 0.717) is 12.8 Å². The van der Waals surface area contributed by atoms with Crippen molar-refractivity contribution in [3.05, 3.63) is 0 Å².